The maximum Gasteiger partial charge on any atom is 0.321 e. The molecule has 1 rings (SSSR count). The largest absolute Gasteiger partial charge is 0.480 e. The highest BCUT2D eigenvalue weighted by Crippen LogP contribution is 2.01. The number of carboxylic acid groups (broad SMARTS) is 1. The van der Waals surface area contributed by atoms with Crippen LogP contribution in [0.2, 0.25) is 0 Å². The van der Waals surface area contributed by atoms with E-state index in [0.717, 1.165) is 5.56 Å². The van der Waals surface area contributed by atoms with E-state index in [9.17, 15) is 13.2 Å². The van der Waals surface area contributed by atoms with E-state index < -0.39 is 22.0 Å². The zero-order chi connectivity index (χ0) is 12.9. The Morgan fingerprint density at radius 1 is 1.35 bits per heavy atom. The van der Waals surface area contributed by atoms with Crippen LogP contribution in [0, 0.1) is 0 Å². The molecule has 0 saturated carbocycles. The lowest BCUT2D eigenvalue weighted by Crippen LogP contribution is -2.39. The Bertz CT molecular complexity index is 470. The lowest BCUT2D eigenvalue weighted by Gasteiger charge is -2.09. The third kappa shape index (κ3) is 4.97. The van der Waals surface area contributed by atoms with Crippen molar-refractivity contribution in [2.24, 2.45) is 0 Å². The maximum absolute atomic E-state index is 11.5. The second-order valence-corrected chi connectivity index (χ2v) is 5.61. The van der Waals surface area contributed by atoms with Gasteiger partial charge >= 0.3 is 5.97 Å². The van der Waals surface area contributed by atoms with Crippen LogP contribution in [0.4, 0.5) is 0 Å². The molecule has 6 heteroatoms. The van der Waals surface area contributed by atoms with E-state index in [2.05, 4.69) is 4.72 Å². The van der Waals surface area contributed by atoms with Crippen LogP contribution in [0.3, 0.4) is 0 Å². The SMILES string of the molecule is C[C@@H](NS(=O)(=O)CCc1ccccc1)C(=O)O. The third-order valence-corrected chi connectivity index (χ3v) is 3.68. The Balaban J connectivity index is 2.54. The van der Waals surface area contributed by atoms with Crippen molar-refractivity contribution in [3.8, 4) is 0 Å². The fourth-order valence-electron chi connectivity index (χ4n) is 1.28. The molecular formula is C11H15NO4S. The molecule has 94 valence electrons. The Morgan fingerprint density at radius 3 is 2.47 bits per heavy atom. The van der Waals surface area contributed by atoms with Gasteiger partial charge < -0.3 is 5.11 Å². The predicted octanol–water partition coefficient (Wildman–Crippen LogP) is 0.622. The van der Waals surface area contributed by atoms with Gasteiger partial charge in [-0.1, -0.05) is 30.3 Å². The van der Waals surface area contributed by atoms with Crippen molar-refractivity contribution in [3.05, 3.63) is 35.9 Å². The van der Waals surface area contributed by atoms with Gasteiger partial charge in [-0.25, -0.2) is 13.1 Å². The van der Waals surface area contributed by atoms with E-state index in [1.807, 2.05) is 30.3 Å². The molecule has 0 aliphatic carbocycles. The molecule has 0 saturated heterocycles. The van der Waals surface area contributed by atoms with E-state index in [4.69, 9.17) is 5.11 Å². The van der Waals surface area contributed by atoms with E-state index in [-0.39, 0.29) is 5.75 Å². The summed E-state index contributed by atoms with van der Waals surface area (Å²) < 4.78 is 25.2. The minimum atomic E-state index is -3.55. The standard InChI is InChI=1S/C11H15NO4S/c1-9(11(13)14)12-17(15,16)8-7-10-5-3-2-4-6-10/h2-6,9,12H,7-8H2,1H3,(H,13,14)/t9-/m1/s1. The number of aryl methyl sites for hydroxylation is 1. The molecule has 0 spiro atoms. The number of rotatable bonds is 6. The van der Waals surface area contributed by atoms with Gasteiger partial charge in [-0.2, -0.15) is 0 Å². The van der Waals surface area contributed by atoms with Crippen LogP contribution < -0.4 is 4.72 Å². The lowest BCUT2D eigenvalue weighted by atomic mass is 10.2. The highest BCUT2D eigenvalue weighted by Gasteiger charge is 2.18. The average molecular weight is 257 g/mol. The molecule has 5 nitrogen and oxygen atoms in total. The number of hydrogen-bond donors (Lipinski definition) is 2. The molecule has 0 amide bonds. The summed E-state index contributed by atoms with van der Waals surface area (Å²) in [6.45, 7) is 1.29. The quantitative estimate of drug-likeness (QED) is 0.782. The van der Waals surface area contributed by atoms with Crippen LogP contribution in [-0.2, 0) is 21.2 Å². The Kier molecular flexibility index (Phi) is 4.65. The summed E-state index contributed by atoms with van der Waals surface area (Å²) in [4.78, 5) is 10.5. The van der Waals surface area contributed by atoms with Crippen molar-refractivity contribution in [2.75, 3.05) is 5.75 Å². The van der Waals surface area contributed by atoms with Crippen LogP contribution in [0.25, 0.3) is 0 Å². The summed E-state index contributed by atoms with van der Waals surface area (Å²) in [7, 11) is -3.55. The molecule has 0 aromatic heterocycles. The molecule has 2 N–H and O–H groups in total. The van der Waals surface area contributed by atoms with Crippen molar-refractivity contribution in [1.29, 1.82) is 0 Å². The minimum absolute atomic E-state index is 0.116. The van der Waals surface area contributed by atoms with Crippen molar-refractivity contribution in [2.45, 2.75) is 19.4 Å². The first-order valence-electron chi connectivity index (χ1n) is 5.17. The second-order valence-electron chi connectivity index (χ2n) is 3.73. The topological polar surface area (TPSA) is 83.5 Å². The molecule has 1 aromatic carbocycles. The van der Waals surface area contributed by atoms with E-state index >= 15 is 0 Å². The first kappa shape index (κ1) is 13.7. The predicted molar refractivity (Wildman–Crippen MR) is 64.2 cm³/mol. The summed E-state index contributed by atoms with van der Waals surface area (Å²) in [5.74, 6) is -1.30. The summed E-state index contributed by atoms with van der Waals surface area (Å²) >= 11 is 0. The van der Waals surface area contributed by atoms with Crippen LogP contribution in [-0.4, -0.2) is 31.3 Å². The molecule has 0 aliphatic rings. The van der Waals surface area contributed by atoms with Crippen molar-refractivity contribution >= 4 is 16.0 Å². The fourth-order valence-corrected chi connectivity index (χ4v) is 2.54. The molecule has 17 heavy (non-hydrogen) atoms. The summed E-state index contributed by atoms with van der Waals surface area (Å²) in [5, 5.41) is 8.60. The van der Waals surface area contributed by atoms with E-state index in [1.54, 1.807) is 0 Å². The molecule has 0 heterocycles. The molecule has 0 aliphatic heterocycles. The number of nitrogens with one attached hydrogen (secondary N) is 1. The van der Waals surface area contributed by atoms with Crippen LogP contribution >= 0.6 is 0 Å². The average Bonchev–Trinajstić information content (AvgIpc) is 2.27. The highest BCUT2D eigenvalue weighted by molar-refractivity contribution is 7.89. The number of sulfonamides is 1. The molecule has 0 bridgehead atoms. The molecule has 0 unspecified atom stereocenters. The monoisotopic (exact) mass is 257 g/mol. The Morgan fingerprint density at radius 2 is 1.94 bits per heavy atom. The minimum Gasteiger partial charge on any atom is -0.480 e. The molecule has 0 radical (unpaired) electrons. The molecular weight excluding hydrogens is 242 g/mol. The number of carboxylic acids is 1. The van der Waals surface area contributed by atoms with E-state index in [1.165, 1.54) is 6.92 Å². The van der Waals surface area contributed by atoms with Crippen molar-refractivity contribution in [3.63, 3.8) is 0 Å². The Hall–Kier alpha value is -1.40. The summed E-state index contributed by atoms with van der Waals surface area (Å²) in [5.41, 5.74) is 0.904. The third-order valence-electron chi connectivity index (χ3n) is 2.23. The number of hydrogen-bond acceptors (Lipinski definition) is 3. The number of carbonyl (C=O) groups is 1. The Labute approximate surface area is 101 Å². The zero-order valence-corrected chi connectivity index (χ0v) is 10.3. The maximum atomic E-state index is 11.5. The first-order valence-corrected chi connectivity index (χ1v) is 6.83. The van der Waals surface area contributed by atoms with Gasteiger partial charge in [0.1, 0.15) is 6.04 Å². The van der Waals surface area contributed by atoms with Crippen molar-refractivity contribution < 1.29 is 18.3 Å². The number of aliphatic carboxylic acids is 1. The van der Waals surface area contributed by atoms with Gasteiger partial charge in [0.05, 0.1) is 5.75 Å². The summed E-state index contributed by atoms with van der Waals surface area (Å²) in [6.07, 6.45) is 0.364. The molecule has 1 atom stereocenters. The smallest absolute Gasteiger partial charge is 0.321 e. The molecule has 0 fully saturated rings. The normalized spacial score (nSPS) is 13.2. The van der Waals surface area contributed by atoms with Gasteiger partial charge in [0.15, 0.2) is 0 Å². The summed E-state index contributed by atoms with van der Waals surface area (Å²) in [6, 6.07) is 8.07. The van der Waals surface area contributed by atoms with Crippen molar-refractivity contribution in [1.82, 2.24) is 4.72 Å². The zero-order valence-electron chi connectivity index (χ0n) is 9.46. The number of benzene rings is 1. The van der Waals surface area contributed by atoms with Gasteiger partial charge in [-0.3, -0.25) is 4.79 Å². The molecule has 1 aromatic rings. The first-order chi connectivity index (χ1) is 7.91. The van der Waals surface area contributed by atoms with E-state index in [0.29, 0.717) is 6.42 Å². The van der Waals surface area contributed by atoms with Gasteiger partial charge in [0, 0.05) is 0 Å². The van der Waals surface area contributed by atoms with Crippen LogP contribution in [0.1, 0.15) is 12.5 Å². The van der Waals surface area contributed by atoms with Crippen LogP contribution in [0.15, 0.2) is 30.3 Å². The lowest BCUT2D eigenvalue weighted by molar-refractivity contribution is -0.138. The fraction of sp³-hybridized carbons (Fsp3) is 0.364. The van der Waals surface area contributed by atoms with Gasteiger partial charge in [-0.15, -0.1) is 0 Å². The van der Waals surface area contributed by atoms with Gasteiger partial charge in [0.25, 0.3) is 0 Å². The second kappa shape index (κ2) is 5.79. The van der Waals surface area contributed by atoms with Gasteiger partial charge in [0.2, 0.25) is 10.0 Å². The van der Waals surface area contributed by atoms with Crippen LogP contribution in [0.5, 0.6) is 0 Å². The highest BCUT2D eigenvalue weighted by atomic mass is 32.2. The van der Waals surface area contributed by atoms with Gasteiger partial charge in [-0.05, 0) is 18.9 Å².